The Hall–Kier alpha value is -1.23. The second kappa shape index (κ2) is 8.84. The van der Waals surface area contributed by atoms with E-state index in [0.29, 0.717) is 12.0 Å². The van der Waals surface area contributed by atoms with Crippen LogP contribution in [0.2, 0.25) is 0 Å². The van der Waals surface area contributed by atoms with Crippen molar-refractivity contribution in [1.82, 2.24) is 0 Å². The molecule has 0 aliphatic heterocycles. The second-order valence-corrected chi connectivity index (χ2v) is 5.15. The predicted octanol–water partition coefficient (Wildman–Crippen LogP) is 3.75. The van der Waals surface area contributed by atoms with Gasteiger partial charge in [0.2, 0.25) is 0 Å². The van der Waals surface area contributed by atoms with Crippen molar-refractivity contribution in [1.29, 1.82) is 0 Å². The van der Waals surface area contributed by atoms with Gasteiger partial charge in [0.1, 0.15) is 11.7 Å². The predicted molar refractivity (Wildman–Crippen MR) is 78.5 cm³/mol. The summed E-state index contributed by atoms with van der Waals surface area (Å²) in [5.41, 5.74) is 0.336. The molecule has 0 N–H and O–H groups in total. The average Bonchev–Trinajstić information content (AvgIpc) is 2.44. The maximum Gasteiger partial charge on any atom is 0.316 e. The summed E-state index contributed by atoms with van der Waals surface area (Å²) in [4.78, 5) is 24.2. The van der Waals surface area contributed by atoms with Crippen LogP contribution < -0.4 is 0 Å². The van der Waals surface area contributed by atoms with Crippen LogP contribution in [0.3, 0.4) is 0 Å². The third-order valence-corrected chi connectivity index (χ3v) is 3.45. The van der Waals surface area contributed by atoms with Crippen LogP contribution in [-0.4, -0.2) is 23.7 Å². The van der Waals surface area contributed by atoms with Crippen molar-refractivity contribution in [3.8, 4) is 0 Å². The van der Waals surface area contributed by atoms with E-state index in [4.69, 9.17) is 4.74 Å². The van der Waals surface area contributed by atoms with Gasteiger partial charge in [0.25, 0.3) is 0 Å². The molecule has 1 atom stereocenters. The van der Waals surface area contributed by atoms with E-state index in [1.165, 1.54) is 24.3 Å². The Morgan fingerprint density at radius 2 is 1.90 bits per heavy atom. The molecule has 0 aromatic heterocycles. The van der Waals surface area contributed by atoms with Crippen LogP contribution in [0.15, 0.2) is 24.3 Å². The molecule has 1 rings (SSSR count). The molecule has 0 saturated heterocycles. The summed E-state index contributed by atoms with van der Waals surface area (Å²) < 4.78 is 17.8. The van der Waals surface area contributed by atoms with Gasteiger partial charge < -0.3 is 4.74 Å². The van der Waals surface area contributed by atoms with Crippen molar-refractivity contribution in [3.05, 3.63) is 35.6 Å². The van der Waals surface area contributed by atoms with Crippen molar-refractivity contribution >= 4 is 27.7 Å². The summed E-state index contributed by atoms with van der Waals surface area (Å²) in [5.74, 6) is -2.03. The van der Waals surface area contributed by atoms with Gasteiger partial charge in [-0.15, -0.1) is 0 Å². The van der Waals surface area contributed by atoms with Crippen LogP contribution in [0, 0.1) is 11.7 Å². The van der Waals surface area contributed by atoms with E-state index in [1.54, 1.807) is 6.92 Å². The van der Waals surface area contributed by atoms with Gasteiger partial charge in [-0.25, -0.2) is 4.39 Å². The number of halogens is 2. The second-order valence-electron chi connectivity index (χ2n) is 4.36. The van der Waals surface area contributed by atoms with Crippen LogP contribution in [0.25, 0.3) is 0 Å². The summed E-state index contributed by atoms with van der Waals surface area (Å²) in [6, 6.07) is 5.23. The molecule has 0 radical (unpaired) electrons. The van der Waals surface area contributed by atoms with Crippen LogP contribution in [0.4, 0.5) is 4.39 Å². The number of alkyl halides is 1. The van der Waals surface area contributed by atoms with Gasteiger partial charge in [0, 0.05) is 10.9 Å². The van der Waals surface area contributed by atoms with Crippen LogP contribution >= 0.6 is 15.9 Å². The number of benzene rings is 1. The van der Waals surface area contributed by atoms with E-state index in [1.807, 2.05) is 0 Å². The molecule has 0 amide bonds. The van der Waals surface area contributed by atoms with Gasteiger partial charge in [0.15, 0.2) is 5.78 Å². The quantitative estimate of drug-likeness (QED) is 0.237. The Morgan fingerprint density at radius 3 is 2.45 bits per heavy atom. The van der Waals surface area contributed by atoms with Crippen molar-refractivity contribution in [2.75, 3.05) is 11.9 Å². The molecule has 3 nitrogen and oxygen atoms in total. The third-order valence-electron chi connectivity index (χ3n) is 2.89. The third kappa shape index (κ3) is 5.04. The average molecular weight is 345 g/mol. The lowest BCUT2D eigenvalue weighted by molar-refractivity contribution is -0.146. The van der Waals surface area contributed by atoms with E-state index in [2.05, 4.69) is 15.9 Å². The molecule has 0 spiro atoms. The zero-order chi connectivity index (χ0) is 15.0. The number of hydrogen-bond donors (Lipinski definition) is 0. The number of carbonyl (C=O) groups is 2. The molecule has 20 heavy (non-hydrogen) atoms. The molecule has 0 heterocycles. The number of esters is 1. The van der Waals surface area contributed by atoms with Crippen molar-refractivity contribution < 1.29 is 18.7 Å². The van der Waals surface area contributed by atoms with Crippen LogP contribution in [0.5, 0.6) is 0 Å². The lowest BCUT2D eigenvalue weighted by Crippen LogP contribution is -2.26. The highest BCUT2D eigenvalue weighted by Gasteiger charge is 2.28. The van der Waals surface area contributed by atoms with E-state index in [0.717, 1.165) is 18.2 Å². The van der Waals surface area contributed by atoms with Crippen molar-refractivity contribution in [2.45, 2.75) is 26.2 Å². The van der Waals surface area contributed by atoms with Gasteiger partial charge in [-0.3, -0.25) is 9.59 Å². The molecule has 5 heteroatoms. The molecular weight excluding hydrogens is 327 g/mol. The number of carbonyl (C=O) groups excluding carboxylic acids is 2. The number of ether oxygens (including phenoxy) is 1. The molecule has 1 aromatic rings. The Bertz CT molecular complexity index is 445. The number of hydrogen-bond acceptors (Lipinski definition) is 3. The van der Waals surface area contributed by atoms with Gasteiger partial charge in [-0.2, -0.15) is 0 Å². The fourth-order valence-electron chi connectivity index (χ4n) is 1.86. The fraction of sp³-hybridized carbons (Fsp3) is 0.467. The highest BCUT2D eigenvalue weighted by atomic mass is 79.9. The fourth-order valence-corrected chi connectivity index (χ4v) is 2.25. The standard InChI is InChI=1S/C15H18BrFO3/c1-2-20-15(19)13(5-3-4-10-16)14(18)11-6-8-12(17)9-7-11/h6-9,13H,2-5,10H2,1H3. The van der Waals surface area contributed by atoms with E-state index >= 15 is 0 Å². The summed E-state index contributed by atoms with van der Waals surface area (Å²) in [6.07, 6.45) is 2.08. The first kappa shape index (κ1) is 16.8. The molecule has 0 bridgehead atoms. The summed E-state index contributed by atoms with van der Waals surface area (Å²) >= 11 is 3.31. The van der Waals surface area contributed by atoms with Gasteiger partial charge in [-0.05, 0) is 44.0 Å². The van der Waals surface area contributed by atoms with Gasteiger partial charge in [0.05, 0.1) is 6.61 Å². The molecule has 0 saturated carbocycles. The number of ketones is 1. The first-order valence-corrected chi connectivity index (χ1v) is 7.74. The number of Topliss-reactive ketones (excluding diaryl/α,β-unsaturated/α-hetero) is 1. The first-order valence-electron chi connectivity index (χ1n) is 6.62. The molecule has 0 fully saturated rings. The highest BCUT2D eigenvalue weighted by molar-refractivity contribution is 9.09. The van der Waals surface area contributed by atoms with Crippen molar-refractivity contribution in [3.63, 3.8) is 0 Å². The SMILES string of the molecule is CCOC(=O)C(CCCCBr)C(=O)c1ccc(F)cc1. The number of unbranched alkanes of at least 4 members (excludes halogenated alkanes) is 1. The van der Waals surface area contributed by atoms with Gasteiger partial charge in [-0.1, -0.05) is 22.4 Å². The summed E-state index contributed by atoms with van der Waals surface area (Å²) in [5, 5.41) is 0.827. The minimum Gasteiger partial charge on any atom is -0.465 e. The monoisotopic (exact) mass is 344 g/mol. The zero-order valence-electron chi connectivity index (χ0n) is 11.4. The minimum atomic E-state index is -0.806. The topological polar surface area (TPSA) is 43.4 Å². The maximum atomic E-state index is 12.9. The largest absolute Gasteiger partial charge is 0.465 e. The molecule has 1 aromatic carbocycles. The van der Waals surface area contributed by atoms with Crippen LogP contribution in [0.1, 0.15) is 36.5 Å². The lowest BCUT2D eigenvalue weighted by Gasteiger charge is -2.14. The molecule has 1 unspecified atom stereocenters. The summed E-state index contributed by atoms with van der Waals surface area (Å²) in [6.45, 7) is 1.94. The van der Waals surface area contributed by atoms with Crippen molar-refractivity contribution in [2.24, 2.45) is 5.92 Å². The Labute approximate surface area is 126 Å². The lowest BCUT2D eigenvalue weighted by atomic mass is 9.93. The maximum absolute atomic E-state index is 12.9. The van der Waals surface area contributed by atoms with E-state index in [9.17, 15) is 14.0 Å². The van der Waals surface area contributed by atoms with E-state index < -0.39 is 17.7 Å². The minimum absolute atomic E-state index is 0.241. The van der Waals surface area contributed by atoms with Gasteiger partial charge >= 0.3 is 5.97 Å². The zero-order valence-corrected chi connectivity index (χ0v) is 13.0. The Balaban J connectivity index is 2.82. The summed E-state index contributed by atoms with van der Waals surface area (Å²) in [7, 11) is 0. The van der Waals surface area contributed by atoms with E-state index in [-0.39, 0.29) is 12.4 Å². The Kier molecular flexibility index (Phi) is 7.44. The normalized spacial score (nSPS) is 11.9. The molecule has 110 valence electrons. The first-order chi connectivity index (χ1) is 9.60. The highest BCUT2D eigenvalue weighted by Crippen LogP contribution is 2.18. The number of rotatable bonds is 8. The molecular formula is C15H18BrFO3. The van der Waals surface area contributed by atoms with Crippen LogP contribution in [-0.2, 0) is 9.53 Å². The molecule has 0 aliphatic carbocycles. The smallest absolute Gasteiger partial charge is 0.316 e. The Morgan fingerprint density at radius 1 is 1.25 bits per heavy atom. The molecule has 0 aliphatic rings.